The molecule has 0 aliphatic carbocycles. The first kappa shape index (κ1) is 11.2. The fourth-order valence-electron chi connectivity index (χ4n) is 0.733. The molecular weight excluding hydrogens is 176 g/mol. The summed E-state index contributed by atoms with van der Waals surface area (Å²) in [6, 6.07) is -0.549. The van der Waals surface area contributed by atoms with Crippen molar-refractivity contribution in [3.05, 3.63) is 0 Å². The quantitative estimate of drug-likeness (QED) is 0.488. The predicted molar refractivity (Wildman–Crippen MR) is 49.6 cm³/mol. The highest BCUT2D eigenvalue weighted by Crippen LogP contribution is 1.88. The van der Waals surface area contributed by atoms with Crippen molar-refractivity contribution < 1.29 is 9.90 Å². The van der Waals surface area contributed by atoms with Gasteiger partial charge in [0.25, 0.3) is 0 Å². The van der Waals surface area contributed by atoms with Crippen LogP contribution in [0.2, 0.25) is 0 Å². The van der Waals surface area contributed by atoms with Gasteiger partial charge in [-0.1, -0.05) is 13.8 Å². The number of carboxylic acid groups (broad SMARTS) is 1. The van der Waals surface area contributed by atoms with Gasteiger partial charge in [0.15, 0.2) is 0 Å². The Morgan fingerprint density at radius 1 is 1.75 bits per heavy atom. The highest BCUT2D eigenvalue weighted by Gasteiger charge is 2.16. The third kappa shape index (κ3) is 4.96. The Kier molecular flexibility index (Phi) is 5.45. The Labute approximate surface area is 76.7 Å². The molecular formula is C7H12N2O2S. The highest BCUT2D eigenvalue weighted by atomic mass is 32.1. The maximum Gasteiger partial charge on any atom is 0.322 e. The Balaban J connectivity index is 4.04. The zero-order chi connectivity index (χ0) is 9.56. The van der Waals surface area contributed by atoms with Gasteiger partial charge in [-0.25, -0.2) is 4.99 Å². The summed E-state index contributed by atoms with van der Waals surface area (Å²) in [5.41, 5.74) is 0. The number of hydrogen-bond acceptors (Lipinski definition) is 4. The fraction of sp³-hybridized carbons (Fsp3) is 0.714. The van der Waals surface area contributed by atoms with Crippen molar-refractivity contribution in [3.63, 3.8) is 0 Å². The van der Waals surface area contributed by atoms with Crippen LogP contribution in [-0.2, 0) is 4.79 Å². The van der Waals surface area contributed by atoms with Crippen LogP contribution in [0.25, 0.3) is 0 Å². The lowest BCUT2D eigenvalue weighted by molar-refractivity contribution is -0.139. The first-order valence-electron chi connectivity index (χ1n) is 3.60. The van der Waals surface area contributed by atoms with Crippen molar-refractivity contribution in [2.45, 2.75) is 25.9 Å². The normalized spacial score (nSPS) is 12.2. The number of isothiocyanates is 1. The molecule has 0 saturated heterocycles. The van der Waals surface area contributed by atoms with E-state index in [1.807, 2.05) is 13.8 Å². The lowest BCUT2D eigenvalue weighted by Crippen LogP contribution is -2.42. The summed E-state index contributed by atoms with van der Waals surface area (Å²) in [6.07, 6.45) is 0. The summed E-state index contributed by atoms with van der Waals surface area (Å²) in [7, 11) is 0. The van der Waals surface area contributed by atoms with E-state index in [-0.39, 0.29) is 12.6 Å². The third-order valence-electron chi connectivity index (χ3n) is 1.17. The van der Waals surface area contributed by atoms with Crippen LogP contribution in [0.1, 0.15) is 13.8 Å². The average molecular weight is 188 g/mol. The number of nitrogens with zero attached hydrogens (tertiary/aromatic N) is 1. The van der Waals surface area contributed by atoms with Crippen molar-refractivity contribution in [1.82, 2.24) is 5.32 Å². The van der Waals surface area contributed by atoms with E-state index in [9.17, 15) is 4.79 Å². The van der Waals surface area contributed by atoms with Crippen LogP contribution in [-0.4, -0.2) is 34.9 Å². The van der Waals surface area contributed by atoms with E-state index < -0.39 is 12.0 Å². The molecule has 1 atom stereocenters. The summed E-state index contributed by atoms with van der Waals surface area (Å²) in [4.78, 5) is 14.1. The molecule has 0 aromatic rings. The van der Waals surface area contributed by atoms with Crippen molar-refractivity contribution in [2.75, 3.05) is 6.54 Å². The molecule has 0 heterocycles. The number of aliphatic imine (C=N–C) groups is 1. The number of nitrogens with one attached hydrogen (secondary N) is 1. The van der Waals surface area contributed by atoms with Crippen LogP contribution >= 0.6 is 12.2 Å². The van der Waals surface area contributed by atoms with Crippen molar-refractivity contribution >= 4 is 23.3 Å². The lowest BCUT2D eigenvalue weighted by Gasteiger charge is -2.14. The first-order chi connectivity index (χ1) is 5.57. The van der Waals surface area contributed by atoms with E-state index in [1.54, 1.807) is 0 Å². The monoisotopic (exact) mass is 188 g/mol. The second-order valence-corrected chi connectivity index (χ2v) is 2.83. The molecule has 12 heavy (non-hydrogen) atoms. The number of aliphatic carboxylic acids is 1. The summed E-state index contributed by atoms with van der Waals surface area (Å²) in [5.74, 6) is -0.919. The SMILES string of the molecule is CC(C)NC(CN=C=S)C(=O)O. The first-order valence-corrected chi connectivity index (χ1v) is 4.01. The highest BCUT2D eigenvalue weighted by molar-refractivity contribution is 7.78. The van der Waals surface area contributed by atoms with Crippen molar-refractivity contribution in [3.8, 4) is 0 Å². The van der Waals surface area contributed by atoms with Gasteiger partial charge in [-0.3, -0.25) is 4.79 Å². The molecule has 1 unspecified atom stereocenters. The summed E-state index contributed by atoms with van der Waals surface area (Å²) >= 11 is 4.33. The second kappa shape index (κ2) is 5.83. The molecule has 68 valence electrons. The van der Waals surface area contributed by atoms with E-state index in [4.69, 9.17) is 5.11 Å². The Hall–Kier alpha value is -0.770. The minimum absolute atomic E-state index is 0.117. The topological polar surface area (TPSA) is 61.7 Å². The number of carbonyl (C=O) groups is 1. The van der Waals surface area contributed by atoms with Gasteiger partial charge in [0.1, 0.15) is 6.04 Å². The van der Waals surface area contributed by atoms with Gasteiger partial charge in [-0.15, -0.1) is 0 Å². The van der Waals surface area contributed by atoms with Gasteiger partial charge < -0.3 is 10.4 Å². The number of carboxylic acids is 1. The van der Waals surface area contributed by atoms with Crippen molar-refractivity contribution in [1.29, 1.82) is 0 Å². The molecule has 0 bridgehead atoms. The zero-order valence-corrected chi connectivity index (χ0v) is 7.89. The zero-order valence-electron chi connectivity index (χ0n) is 7.07. The molecule has 0 rings (SSSR count). The lowest BCUT2D eigenvalue weighted by atomic mass is 10.2. The molecule has 0 spiro atoms. The summed E-state index contributed by atoms with van der Waals surface area (Å²) < 4.78 is 0. The smallest absolute Gasteiger partial charge is 0.322 e. The Morgan fingerprint density at radius 3 is 2.67 bits per heavy atom. The fourth-order valence-corrected chi connectivity index (χ4v) is 0.808. The molecule has 5 heteroatoms. The Morgan fingerprint density at radius 2 is 2.33 bits per heavy atom. The molecule has 0 saturated carbocycles. The minimum atomic E-state index is -0.919. The van der Waals surface area contributed by atoms with Gasteiger partial charge in [0.05, 0.1) is 11.7 Å². The van der Waals surface area contributed by atoms with Gasteiger partial charge >= 0.3 is 5.97 Å². The third-order valence-corrected chi connectivity index (χ3v) is 1.30. The van der Waals surface area contributed by atoms with E-state index in [2.05, 4.69) is 27.7 Å². The molecule has 0 amide bonds. The minimum Gasteiger partial charge on any atom is -0.480 e. The van der Waals surface area contributed by atoms with Gasteiger partial charge in [-0.05, 0) is 12.2 Å². The number of rotatable bonds is 5. The van der Waals surface area contributed by atoms with E-state index in [0.29, 0.717) is 0 Å². The van der Waals surface area contributed by atoms with E-state index in [0.717, 1.165) is 0 Å². The van der Waals surface area contributed by atoms with Gasteiger partial charge in [-0.2, -0.15) is 0 Å². The second-order valence-electron chi connectivity index (χ2n) is 2.64. The molecule has 0 aromatic heterocycles. The van der Waals surface area contributed by atoms with Crippen LogP contribution < -0.4 is 5.32 Å². The van der Waals surface area contributed by atoms with Crippen LogP contribution in [0.5, 0.6) is 0 Å². The van der Waals surface area contributed by atoms with Crippen LogP contribution in [0, 0.1) is 0 Å². The maximum absolute atomic E-state index is 10.6. The number of thiocarbonyl (C=S) groups is 1. The standard InChI is InChI=1S/C7H12N2O2S/c1-5(2)9-6(7(10)11)3-8-4-12/h5-6,9H,3H2,1-2H3,(H,10,11). The molecule has 0 fully saturated rings. The average Bonchev–Trinajstić information content (AvgIpc) is 1.96. The van der Waals surface area contributed by atoms with Gasteiger partial charge in [0.2, 0.25) is 0 Å². The maximum atomic E-state index is 10.6. The molecule has 0 aromatic carbocycles. The summed E-state index contributed by atoms with van der Waals surface area (Å²) in [5, 5.41) is 13.6. The Bertz CT molecular complexity index is 200. The van der Waals surface area contributed by atoms with Crippen LogP contribution in [0.15, 0.2) is 4.99 Å². The van der Waals surface area contributed by atoms with Crippen molar-refractivity contribution in [2.24, 2.45) is 4.99 Å². The largest absolute Gasteiger partial charge is 0.480 e. The molecule has 0 aliphatic rings. The number of hydrogen-bond donors (Lipinski definition) is 2. The van der Waals surface area contributed by atoms with Crippen LogP contribution in [0.3, 0.4) is 0 Å². The van der Waals surface area contributed by atoms with E-state index in [1.165, 1.54) is 0 Å². The molecule has 0 aliphatic heterocycles. The molecule has 2 N–H and O–H groups in total. The van der Waals surface area contributed by atoms with Gasteiger partial charge in [0, 0.05) is 6.04 Å². The summed E-state index contributed by atoms with van der Waals surface area (Å²) in [6.45, 7) is 3.88. The molecule has 4 nitrogen and oxygen atoms in total. The van der Waals surface area contributed by atoms with E-state index >= 15 is 0 Å². The predicted octanol–water partition coefficient (Wildman–Crippen LogP) is 0.540. The van der Waals surface area contributed by atoms with Crippen LogP contribution in [0.4, 0.5) is 0 Å². The molecule has 0 radical (unpaired) electrons.